The summed E-state index contributed by atoms with van der Waals surface area (Å²) < 4.78 is 0.848. The SMILES string of the molecule is Oc1ccc(-c2nc(Br)cs2)cc1. The fourth-order valence-electron chi connectivity index (χ4n) is 0.991. The highest BCUT2D eigenvalue weighted by atomic mass is 79.9. The Bertz CT molecular complexity index is 410. The largest absolute Gasteiger partial charge is 0.508 e. The Morgan fingerprint density at radius 1 is 1.23 bits per heavy atom. The zero-order chi connectivity index (χ0) is 9.26. The maximum atomic E-state index is 9.08. The summed E-state index contributed by atoms with van der Waals surface area (Å²) in [5.74, 6) is 0.277. The maximum absolute atomic E-state index is 9.08. The second-order valence-electron chi connectivity index (χ2n) is 2.52. The predicted molar refractivity (Wildman–Crippen MR) is 56.9 cm³/mol. The van der Waals surface area contributed by atoms with Crippen molar-refractivity contribution in [1.82, 2.24) is 4.98 Å². The van der Waals surface area contributed by atoms with Crippen LogP contribution < -0.4 is 0 Å². The van der Waals surface area contributed by atoms with Gasteiger partial charge in [-0.2, -0.15) is 0 Å². The molecule has 1 aromatic carbocycles. The van der Waals surface area contributed by atoms with E-state index in [1.807, 2.05) is 17.5 Å². The number of thiazole rings is 1. The molecular weight excluding hydrogens is 250 g/mol. The second kappa shape index (κ2) is 3.47. The fraction of sp³-hybridized carbons (Fsp3) is 0. The van der Waals surface area contributed by atoms with Crippen LogP contribution >= 0.6 is 27.3 Å². The molecule has 0 unspecified atom stereocenters. The van der Waals surface area contributed by atoms with Gasteiger partial charge in [-0.15, -0.1) is 11.3 Å². The molecule has 66 valence electrons. The fourth-order valence-corrected chi connectivity index (χ4v) is 2.25. The lowest BCUT2D eigenvalue weighted by atomic mass is 10.2. The number of nitrogens with zero attached hydrogens (tertiary/aromatic N) is 1. The monoisotopic (exact) mass is 255 g/mol. The minimum absolute atomic E-state index is 0.277. The first-order valence-electron chi connectivity index (χ1n) is 3.66. The third-order valence-electron chi connectivity index (χ3n) is 1.59. The molecule has 0 amide bonds. The Kier molecular flexibility index (Phi) is 2.33. The Balaban J connectivity index is 2.41. The minimum atomic E-state index is 0.277. The standard InChI is InChI=1S/C9H6BrNOS/c10-8-5-13-9(11-8)6-1-3-7(12)4-2-6/h1-5,12H. The van der Waals surface area contributed by atoms with Crippen molar-refractivity contribution >= 4 is 27.3 Å². The highest BCUT2D eigenvalue weighted by molar-refractivity contribution is 9.10. The van der Waals surface area contributed by atoms with Gasteiger partial charge in [0.2, 0.25) is 0 Å². The molecule has 0 aliphatic carbocycles. The number of phenolic OH excluding ortho intramolecular Hbond substituents is 1. The lowest BCUT2D eigenvalue weighted by molar-refractivity contribution is 0.475. The van der Waals surface area contributed by atoms with Crippen molar-refractivity contribution in [1.29, 1.82) is 0 Å². The number of hydrogen-bond donors (Lipinski definition) is 1. The topological polar surface area (TPSA) is 33.1 Å². The summed E-state index contributed by atoms with van der Waals surface area (Å²) in [5, 5.41) is 12.0. The van der Waals surface area contributed by atoms with Gasteiger partial charge in [0, 0.05) is 10.9 Å². The van der Waals surface area contributed by atoms with Crippen molar-refractivity contribution in [3.8, 4) is 16.3 Å². The molecule has 2 rings (SSSR count). The zero-order valence-corrected chi connectivity index (χ0v) is 8.97. The minimum Gasteiger partial charge on any atom is -0.508 e. The number of hydrogen-bond acceptors (Lipinski definition) is 3. The molecule has 1 aromatic heterocycles. The number of aromatic hydroxyl groups is 1. The van der Waals surface area contributed by atoms with Crippen LogP contribution in [0.4, 0.5) is 0 Å². The van der Waals surface area contributed by atoms with Gasteiger partial charge in [-0.05, 0) is 40.2 Å². The lowest BCUT2D eigenvalue weighted by Crippen LogP contribution is -1.74. The Morgan fingerprint density at radius 3 is 2.46 bits per heavy atom. The van der Waals surface area contributed by atoms with Crippen LogP contribution in [0.25, 0.3) is 10.6 Å². The molecular formula is C9H6BrNOS. The normalized spacial score (nSPS) is 10.2. The number of rotatable bonds is 1. The highest BCUT2D eigenvalue weighted by Crippen LogP contribution is 2.26. The molecule has 0 aliphatic rings. The molecule has 0 spiro atoms. The van der Waals surface area contributed by atoms with Crippen LogP contribution in [-0.2, 0) is 0 Å². The predicted octanol–water partition coefficient (Wildman–Crippen LogP) is 3.28. The number of phenols is 1. The van der Waals surface area contributed by atoms with E-state index in [9.17, 15) is 0 Å². The summed E-state index contributed by atoms with van der Waals surface area (Å²) in [7, 11) is 0. The van der Waals surface area contributed by atoms with E-state index in [1.54, 1.807) is 23.5 Å². The molecule has 0 saturated carbocycles. The molecule has 2 nitrogen and oxygen atoms in total. The average molecular weight is 256 g/mol. The van der Waals surface area contributed by atoms with Crippen molar-refractivity contribution in [2.24, 2.45) is 0 Å². The van der Waals surface area contributed by atoms with E-state index in [4.69, 9.17) is 5.11 Å². The van der Waals surface area contributed by atoms with E-state index in [2.05, 4.69) is 20.9 Å². The van der Waals surface area contributed by atoms with Gasteiger partial charge in [0.1, 0.15) is 15.4 Å². The summed E-state index contributed by atoms with van der Waals surface area (Å²) in [4.78, 5) is 4.26. The van der Waals surface area contributed by atoms with Crippen LogP contribution in [0.5, 0.6) is 5.75 Å². The van der Waals surface area contributed by atoms with Crippen molar-refractivity contribution in [3.05, 3.63) is 34.2 Å². The maximum Gasteiger partial charge on any atom is 0.124 e. The van der Waals surface area contributed by atoms with Crippen LogP contribution in [0, 0.1) is 0 Å². The number of halogens is 1. The van der Waals surface area contributed by atoms with E-state index in [0.717, 1.165) is 15.2 Å². The van der Waals surface area contributed by atoms with Crippen molar-refractivity contribution in [2.45, 2.75) is 0 Å². The first kappa shape index (κ1) is 8.72. The van der Waals surface area contributed by atoms with Gasteiger partial charge in [-0.25, -0.2) is 4.98 Å². The van der Waals surface area contributed by atoms with Gasteiger partial charge in [0.05, 0.1) is 0 Å². The first-order chi connectivity index (χ1) is 6.25. The summed E-state index contributed by atoms with van der Waals surface area (Å²) in [6, 6.07) is 7.01. The van der Waals surface area contributed by atoms with Crippen LogP contribution in [0.3, 0.4) is 0 Å². The molecule has 1 N–H and O–H groups in total. The summed E-state index contributed by atoms with van der Waals surface area (Å²) >= 11 is 4.86. The molecule has 0 radical (unpaired) electrons. The van der Waals surface area contributed by atoms with Crippen molar-refractivity contribution < 1.29 is 5.11 Å². The molecule has 0 bridgehead atoms. The third-order valence-corrected chi connectivity index (χ3v) is 3.19. The van der Waals surface area contributed by atoms with Crippen LogP contribution in [0.15, 0.2) is 34.2 Å². The molecule has 0 saturated heterocycles. The van der Waals surface area contributed by atoms with Gasteiger partial charge in [-0.3, -0.25) is 0 Å². The Morgan fingerprint density at radius 2 is 1.92 bits per heavy atom. The number of aromatic nitrogens is 1. The molecule has 1 heterocycles. The first-order valence-corrected chi connectivity index (χ1v) is 5.33. The van der Waals surface area contributed by atoms with Crippen molar-refractivity contribution in [2.75, 3.05) is 0 Å². The molecule has 13 heavy (non-hydrogen) atoms. The molecule has 0 fully saturated rings. The lowest BCUT2D eigenvalue weighted by Gasteiger charge is -1.95. The van der Waals surface area contributed by atoms with E-state index >= 15 is 0 Å². The number of benzene rings is 1. The Labute approximate surface area is 88.0 Å². The third kappa shape index (κ3) is 1.89. The highest BCUT2D eigenvalue weighted by Gasteiger charge is 2.01. The molecule has 0 atom stereocenters. The summed E-state index contributed by atoms with van der Waals surface area (Å²) in [6.45, 7) is 0. The van der Waals surface area contributed by atoms with Gasteiger partial charge >= 0.3 is 0 Å². The van der Waals surface area contributed by atoms with Crippen LogP contribution in [0.2, 0.25) is 0 Å². The van der Waals surface area contributed by atoms with Gasteiger partial charge in [0.15, 0.2) is 0 Å². The van der Waals surface area contributed by atoms with E-state index in [0.29, 0.717) is 0 Å². The average Bonchev–Trinajstić information content (AvgIpc) is 2.53. The van der Waals surface area contributed by atoms with Gasteiger partial charge in [-0.1, -0.05) is 0 Å². The smallest absolute Gasteiger partial charge is 0.124 e. The Hall–Kier alpha value is -0.870. The molecule has 4 heteroatoms. The van der Waals surface area contributed by atoms with E-state index < -0.39 is 0 Å². The molecule has 2 aromatic rings. The second-order valence-corrected chi connectivity index (χ2v) is 4.19. The zero-order valence-electron chi connectivity index (χ0n) is 6.57. The van der Waals surface area contributed by atoms with Crippen molar-refractivity contribution in [3.63, 3.8) is 0 Å². The van der Waals surface area contributed by atoms with Crippen LogP contribution in [-0.4, -0.2) is 10.1 Å². The van der Waals surface area contributed by atoms with E-state index in [1.165, 1.54) is 0 Å². The van der Waals surface area contributed by atoms with Gasteiger partial charge in [0.25, 0.3) is 0 Å². The quantitative estimate of drug-likeness (QED) is 0.849. The summed E-state index contributed by atoms with van der Waals surface area (Å²) in [6.07, 6.45) is 0. The summed E-state index contributed by atoms with van der Waals surface area (Å²) in [5.41, 5.74) is 1.02. The molecule has 0 aliphatic heterocycles. The van der Waals surface area contributed by atoms with E-state index in [-0.39, 0.29) is 5.75 Å². The van der Waals surface area contributed by atoms with Gasteiger partial charge < -0.3 is 5.11 Å². The van der Waals surface area contributed by atoms with Crippen LogP contribution in [0.1, 0.15) is 0 Å².